The van der Waals surface area contributed by atoms with Crippen LogP contribution in [0.2, 0.25) is 0 Å². The van der Waals surface area contributed by atoms with E-state index in [0.717, 1.165) is 37.7 Å². The fraction of sp³-hybridized carbons (Fsp3) is 0.458. The van der Waals surface area contributed by atoms with E-state index in [2.05, 4.69) is 11.6 Å². The summed E-state index contributed by atoms with van der Waals surface area (Å²) in [5.74, 6) is 0.204. The molecule has 1 heterocycles. The van der Waals surface area contributed by atoms with Crippen molar-refractivity contribution < 1.29 is 17.9 Å². The number of aryl methyl sites for hydroxylation is 1. The fourth-order valence-corrected chi connectivity index (χ4v) is 5.13. The van der Waals surface area contributed by atoms with Gasteiger partial charge in [0.15, 0.2) is 0 Å². The number of sulfonamides is 1. The number of amides is 1. The van der Waals surface area contributed by atoms with Crippen molar-refractivity contribution in [2.45, 2.75) is 56.9 Å². The predicted molar refractivity (Wildman–Crippen MR) is 122 cm³/mol. The Bertz CT molecular complexity index is 995. The summed E-state index contributed by atoms with van der Waals surface area (Å²) in [6.45, 7) is 5.25. The highest BCUT2D eigenvalue weighted by atomic mass is 32.2. The van der Waals surface area contributed by atoms with Crippen LogP contribution in [0.1, 0.15) is 67.1 Å². The van der Waals surface area contributed by atoms with Gasteiger partial charge < -0.3 is 9.64 Å². The summed E-state index contributed by atoms with van der Waals surface area (Å²) in [6, 6.07) is 12.0. The Morgan fingerprint density at radius 1 is 1.06 bits per heavy atom. The molecule has 168 valence electrons. The molecule has 0 bridgehead atoms. The van der Waals surface area contributed by atoms with Crippen molar-refractivity contribution in [2.24, 2.45) is 0 Å². The van der Waals surface area contributed by atoms with Crippen molar-refractivity contribution in [1.82, 2.24) is 9.62 Å². The van der Waals surface area contributed by atoms with Crippen LogP contribution >= 0.6 is 0 Å². The molecular weight excluding hydrogens is 412 g/mol. The van der Waals surface area contributed by atoms with Gasteiger partial charge in [0.2, 0.25) is 10.0 Å². The molecule has 0 radical (unpaired) electrons. The number of hydrogen-bond donors (Lipinski definition) is 1. The smallest absolute Gasteiger partial charge is 0.257 e. The third kappa shape index (κ3) is 5.66. The average molecular weight is 445 g/mol. The van der Waals surface area contributed by atoms with E-state index in [9.17, 15) is 13.2 Å². The molecule has 1 fully saturated rings. The standard InChI is InChI=1S/C24H32N2O4S/c1-4-19-9-11-20(12-10-19)18(2)25-31(28,29)21-13-14-23(30-3)22(17-21)24(27)26-15-7-5-6-8-16-26/h9-14,17-18,25H,4-8,15-16H2,1-3H3. The van der Waals surface area contributed by atoms with Crippen LogP contribution in [-0.4, -0.2) is 39.4 Å². The second-order valence-corrected chi connectivity index (χ2v) is 9.72. The lowest BCUT2D eigenvalue weighted by molar-refractivity contribution is 0.0758. The van der Waals surface area contributed by atoms with Crippen molar-refractivity contribution in [3.8, 4) is 5.75 Å². The minimum atomic E-state index is -3.82. The Labute approximate surface area is 185 Å². The summed E-state index contributed by atoms with van der Waals surface area (Å²) in [6.07, 6.45) is 5.07. The molecule has 1 aliphatic heterocycles. The van der Waals surface area contributed by atoms with Gasteiger partial charge in [-0.2, -0.15) is 0 Å². The van der Waals surface area contributed by atoms with Crippen LogP contribution < -0.4 is 9.46 Å². The summed E-state index contributed by atoms with van der Waals surface area (Å²) in [5.41, 5.74) is 2.37. The first-order valence-electron chi connectivity index (χ1n) is 10.9. The van der Waals surface area contributed by atoms with Crippen LogP contribution in [0.4, 0.5) is 0 Å². The number of likely N-dealkylation sites (tertiary alicyclic amines) is 1. The molecule has 2 aromatic carbocycles. The van der Waals surface area contributed by atoms with Crippen molar-refractivity contribution in [3.63, 3.8) is 0 Å². The van der Waals surface area contributed by atoms with Crippen LogP contribution in [0, 0.1) is 0 Å². The number of carbonyl (C=O) groups is 1. The Morgan fingerprint density at radius 3 is 2.29 bits per heavy atom. The van der Waals surface area contributed by atoms with Crippen LogP contribution in [0.25, 0.3) is 0 Å². The number of methoxy groups -OCH3 is 1. The first kappa shape index (κ1) is 23.3. The minimum Gasteiger partial charge on any atom is -0.496 e. The molecule has 1 unspecified atom stereocenters. The van der Waals surface area contributed by atoms with Crippen molar-refractivity contribution >= 4 is 15.9 Å². The normalized spacial score (nSPS) is 15.9. The van der Waals surface area contributed by atoms with Gasteiger partial charge in [0.1, 0.15) is 5.75 Å². The number of nitrogens with one attached hydrogen (secondary N) is 1. The molecule has 31 heavy (non-hydrogen) atoms. The van der Waals surface area contributed by atoms with Crippen molar-refractivity contribution in [3.05, 3.63) is 59.2 Å². The summed E-state index contributed by atoms with van der Waals surface area (Å²) in [5, 5.41) is 0. The van der Waals surface area contributed by atoms with Gasteiger partial charge in [-0.3, -0.25) is 4.79 Å². The molecule has 1 aliphatic rings. The van der Waals surface area contributed by atoms with Gasteiger partial charge in [0, 0.05) is 19.1 Å². The van der Waals surface area contributed by atoms with E-state index in [4.69, 9.17) is 4.74 Å². The average Bonchev–Trinajstić information content (AvgIpc) is 3.07. The van der Waals surface area contributed by atoms with Gasteiger partial charge >= 0.3 is 0 Å². The van der Waals surface area contributed by atoms with E-state index < -0.39 is 16.1 Å². The molecular formula is C24H32N2O4S. The van der Waals surface area contributed by atoms with Crippen LogP contribution in [0.5, 0.6) is 5.75 Å². The molecule has 6 nitrogen and oxygen atoms in total. The number of carbonyl (C=O) groups excluding carboxylic acids is 1. The van der Waals surface area contributed by atoms with Gasteiger partial charge in [0.05, 0.1) is 17.6 Å². The third-order valence-electron chi connectivity index (χ3n) is 5.82. The highest BCUT2D eigenvalue weighted by Gasteiger charge is 2.25. The maximum Gasteiger partial charge on any atom is 0.257 e. The first-order valence-corrected chi connectivity index (χ1v) is 12.4. The second kappa shape index (κ2) is 10.3. The van der Waals surface area contributed by atoms with E-state index in [-0.39, 0.29) is 16.4 Å². The molecule has 1 N–H and O–H groups in total. The lowest BCUT2D eigenvalue weighted by Gasteiger charge is -2.22. The maximum absolute atomic E-state index is 13.1. The molecule has 0 aliphatic carbocycles. The van der Waals surface area contributed by atoms with Crippen LogP contribution in [0.3, 0.4) is 0 Å². The summed E-state index contributed by atoms with van der Waals surface area (Å²) < 4.78 is 34.2. The molecule has 0 aromatic heterocycles. The van der Waals surface area contributed by atoms with Crippen molar-refractivity contribution in [2.75, 3.05) is 20.2 Å². The van der Waals surface area contributed by atoms with Crippen LogP contribution in [-0.2, 0) is 16.4 Å². The van der Waals surface area contributed by atoms with Gasteiger partial charge in [-0.05, 0) is 55.5 Å². The van der Waals surface area contributed by atoms with E-state index in [1.807, 2.05) is 31.2 Å². The summed E-state index contributed by atoms with van der Waals surface area (Å²) in [4.78, 5) is 15.0. The quantitative estimate of drug-likeness (QED) is 0.690. The molecule has 0 spiro atoms. The Hall–Kier alpha value is -2.38. The lowest BCUT2D eigenvalue weighted by atomic mass is 10.1. The number of hydrogen-bond acceptors (Lipinski definition) is 4. The molecule has 7 heteroatoms. The topological polar surface area (TPSA) is 75.7 Å². The van der Waals surface area contributed by atoms with E-state index in [1.165, 1.54) is 24.8 Å². The number of ether oxygens (including phenoxy) is 1. The highest BCUT2D eigenvalue weighted by molar-refractivity contribution is 7.89. The second-order valence-electron chi connectivity index (χ2n) is 8.01. The summed E-state index contributed by atoms with van der Waals surface area (Å²) >= 11 is 0. The van der Waals surface area contributed by atoms with Gasteiger partial charge in [-0.25, -0.2) is 13.1 Å². The fourth-order valence-electron chi connectivity index (χ4n) is 3.88. The predicted octanol–water partition coefficient (Wildman–Crippen LogP) is 4.31. The van der Waals surface area contributed by atoms with Crippen LogP contribution in [0.15, 0.2) is 47.4 Å². The zero-order chi connectivity index (χ0) is 22.4. The van der Waals surface area contributed by atoms with Crippen molar-refractivity contribution in [1.29, 1.82) is 0 Å². The molecule has 2 aromatic rings. The lowest BCUT2D eigenvalue weighted by Crippen LogP contribution is -2.32. The monoisotopic (exact) mass is 444 g/mol. The number of rotatable bonds is 7. The third-order valence-corrected chi connectivity index (χ3v) is 7.36. The Kier molecular flexibility index (Phi) is 7.73. The SMILES string of the molecule is CCc1ccc(C(C)NS(=O)(=O)c2ccc(OC)c(C(=O)N3CCCCCC3)c2)cc1. The number of nitrogens with zero attached hydrogens (tertiary/aromatic N) is 1. The Morgan fingerprint density at radius 2 is 1.71 bits per heavy atom. The minimum absolute atomic E-state index is 0.0588. The highest BCUT2D eigenvalue weighted by Crippen LogP contribution is 2.26. The zero-order valence-corrected chi connectivity index (χ0v) is 19.4. The molecule has 1 saturated heterocycles. The zero-order valence-electron chi connectivity index (χ0n) is 18.6. The summed E-state index contributed by atoms with van der Waals surface area (Å²) in [7, 11) is -2.33. The molecule has 3 rings (SSSR count). The van der Waals surface area contributed by atoms with E-state index >= 15 is 0 Å². The molecule has 0 saturated carbocycles. The van der Waals surface area contributed by atoms with E-state index in [0.29, 0.717) is 18.8 Å². The Balaban J connectivity index is 1.85. The molecule has 1 atom stereocenters. The van der Waals surface area contributed by atoms with Gasteiger partial charge in [0.25, 0.3) is 5.91 Å². The van der Waals surface area contributed by atoms with Gasteiger partial charge in [-0.15, -0.1) is 0 Å². The molecule has 1 amide bonds. The first-order chi connectivity index (χ1) is 14.9. The largest absolute Gasteiger partial charge is 0.496 e. The number of benzene rings is 2. The van der Waals surface area contributed by atoms with E-state index in [1.54, 1.807) is 11.0 Å². The van der Waals surface area contributed by atoms with Gasteiger partial charge in [-0.1, -0.05) is 44.0 Å². The maximum atomic E-state index is 13.1.